The van der Waals surface area contributed by atoms with E-state index >= 15 is 0 Å². The van der Waals surface area contributed by atoms with Crippen molar-refractivity contribution in [3.8, 4) is 0 Å². The molecule has 1 aliphatic rings. The molecule has 0 radical (unpaired) electrons. The lowest BCUT2D eigenvalue weighted by molar-refractivity contribution is 0.139. The standard InChI is InChI=1S/C15H22N2O2/c16-14-7-6-12(10-14)8-9-17-15(18)19-11-13-4-2-1-3-5-13/h1-5,12,14H,6-11,16H2,(H,17,18). The Morgan fingerprint density at radius 3 is 2.79 bits per heavy atom. The first-order valence-electron chi connectivity index (χ1n) is 6.94. The fraction of sp³-hybridized carbons (Fsp3) is 0.533. The van der Waals surface area contributed by atoms with Crippen LogP contribution < -0.4 is 11.1 Å². The maximum Gasteiger partial charge on any atom is 0.407 e. The second-order valence-electron chi connectivity index (χ2n) is 5.22. The highest BCUT2D eigenvalue weighted by molar-refractivity contribution is 5.67. The summed E-state index contributed by atoms with van der Waals surface area (Å²) in [6.45, 7) is 0.992. The molecule has 3 N–H and O–H groups in total. The minimum absolute atomic E-state index is 0.320. The molecule has 2 atom stereocenters. The Bertz CT molecular complexity index is 394. The largest absolute Gasteiger partial charge is 0.445 e. The number of benzene rings is 1. The monoisotopic (exact) mass is 262 g/mol. The van der Waals surface area contributed by atoms with Crippen LogP contribution in [0.25, 0.3) is 0 Å². The van der Waals surface area contributed by atoms with Crippen LogP contribution in [-0.2, 0) is 11.3 Å². The number of hydrogen-bond donors (Lipinski definition) is 2. The molecule has 0 heterocycles. The van der Waals surface area contributed by atoms with Crippen LogP contribution in [0.3, 0.4) is 0 Å². The van der Waals surface area contributed by atoms with Gasteiger partial charge in [0.15, 0.2) is 0 Å². The SMILES string of the molecule is NC1CCC(CCNC(=O)OCc2ccccc2)C1. The van der Waals surface area contributed by atoms with Crippen LogP contribution >= 0.6 is 0 Å². The first-order valence-corrected chi connectivity index (χ1v) is 6.94. The van der Waals surface area contributed by atoms with Crippen LogP contribution in [0.5, 0.6) is 0 Å². The number of ether oxygens (including phenoxy) is 1. The van der Waals surface area contributed by atoms with Gasteiger partial charge in [0, 0.05) is 12.6 Å². The normalized spacial score (nSPS) is 22.2. The van der Waals surface area contributed by atoms with Gasteiger partial charge in [0.05, 0.1) is 0 Å². The van der Waals surface area contributed by atoms with Gasteiger partial charge in [-0.1, -0.05) is 30.3 Å². The van der Waals surface area contributed by atoms with E-state index < -0.39 is 0 Å². The summed E-state index contributed by atoms with van der Waals surface area (Å²) in [4.78, 5) is 11.5. The Hall–Kier alpha value is -1.55. The summed E-state index contributed by atoms with van der Waals surface area (Å²) in [6.07, 6.45) is 4.03. The van der Waals surface area contributed by atoms with E-state index in [1.165, 1.54) is 6.42 Å². The van der Waals surface area contributed by atoms with Crippen molar-refractivity contribution in [1.82, 2.24) is 5.32 Å². The van der Waals surface area contributed by atoms with Crippen molar-refractivity contribution in [2.24, 2.45) is 11.7 Å². The van der Waals surface area contributed by atoms with E-state index in [0.29, 0.717) is 25.1 Å². The zero-order valence-electron chi connectivity index (χ0n) is 11.2. The van der Waals surface area contributed by atoms with Crippen molar-refractivity contribution in [2.75, 3.05) is 6.54 Å². The molecule has 0 spiro atoms. The predicted octanol–water partition coefficient (Wildman–Crippen LogP) is 2.43. The van der Waals surface area contributed by atoms with E-state index in [-0.39, 0.29) is 6.09 Å². The summed E-state index contributed by atoms with van der Waals surface area (Å²) in [5.41, 5.74) is 6.86. The van der Waals surface area contributed by atoms with Crippen LogP contribution in [0.2, 0.25) is 0 Å². The third kappa shape index (κ3) is 4.91. The summed E-state index contributed by atoms with van der Waals surface area (Å²) >= 11 is 0. The zero-order valence-corrected chi connectivity index (χ0v) is 11.2. The van der Waals surface area contributed by atoms with E-state index in [1.54, 1.807) is 0 Å². The van der Waals surface area contributed by atoms with Crippen molar-refractivity contribution in [1.29, 1.82) is 0 Å². The Kier molecular flexibility index (Phi) is 5.21. The molecule has 1 aromatic carbocycles. The van der Waals surface area contributed by atoms with Crippen molar-refractivity contribution in [3.63, 3.8) is 0 Å². The number of carbonyl (C=O) groups excluding carboxylic acids is 1. The lowest BCUT2D eigenvalue weighted by Crippen LogP contribution is -2.26. The second kappa shape index (κ2) is 7.14. The van der Waals surface area contributed by atoms with Gasteiger partial charge >= 0.3 is 6.09 Å². The van der Waals surface area contributed by atoms with Gasteiger partial charge < -0.3 is 15.8 Å². The molecule has 1 amide bonds. The third-order valence-corrected chi connectivity index (χ3v) is 3.62. The molecule has 0 aromatic heterocycles. The number of alkyl carbamates (subject to hydrolysis) is 1. The van der Waals surface area contributed by atoms with E-state index in [0.717, 1.165) is 24.8 Å². The van der Waals surface area contributed by atoms with Gasteiger partial charge in [0.25, 0.3) is 0 Å². The number of carbonyl (C=O) groups is 1. The van der Waals surface area contributed by atoms with E-state index in [1.807, 2.05) is 30.3 Å². The molecule has 4 nitrogen and oxygen atoms in total. The predicted molar refractivity (Wildman–Crippen MR) is 74.6 cm³/mol. The van der Waals surface area contributed by atoms with E-state index in [2.05, 4.69) is 5.32 Å². The maximum atomic E-state index is 11.5. The Balaban J connectivity index is 1.57. The molecule has 1 aromatic rings. The van der Waals surface area contributed by atoms with Crippen molar-refractivity contribution in [3.05, 3.63) is 35.9 Å². The first kappa shape index (κ1) is 13.9. The Morgan fingerprint density at radius 1 is 1.32 bits per heavy atom. The summed E-state index contributed by atoms with van der Waals surface area (Å²) in [5, 5.41) is 2.79. The number of amides is 1. The van der Waals surface area contributed by atoms with Crippen LogP contribution in [0, 0.1) is 5.92 Å². The smallest absolute Gasteiger partial charge is 0.407 e. The minimum atomic E-state index is -0.342. The van der Waals surface area contributed by atoms with Gasteiger partial charge in [-0.15, -0.1) is 0 Å². The van der Waals surface area contributed by atoms with Gasteiger partial charge in [0.2, 0.25) is 0 Å². The van der Waals surface area contributed by atoms with Crippen LogP contribution in [0.15, 0.2) is 30.3 Å². The number of nitrogens with one attached hydrogen (secondary N) is 1. The van der Waals surface area contributed by atoms with Gasteiger partial charge in [-0.25, -0.2) is 4.79 Å². The third-order valence-electron chi connectivity index (χ3n) is 3.62. The topological polar surface area (TPSA) is 64.3 Å². The van der Waals surface area contributed by atoms with Crippen LogP contribution in [-0.4, -0.2) is 18.7 Å². The molecule has 1 fully saturated rings. The fourth-order valence-corrected chi connectivity index (χ4v) is 2.53. The molecular formula is C15H22N2O2. The molecule has 19 heavy (non-hydrogen) atoms. The zero-order chi connectivity index (χ0) is 13.5. The molecule has 2 rings (SSSR count). The minimum Gasteiger partial charge on any atom is -0.445 e. The number of rotatable bonds is 5. The average molecular weight is 262 g/mol. The lowest BCUT2D eigenvalue weighted by atomic mass is 10.0. The van der Waals surface area contributed by atoms with E-state index in [9.17, 15) is 4.79 Å². The van der Waals surface area contributed by atoms with Gasteiger partial charge in [-0.3, -0.25) is 0 Å². The second-order valence-corrected chi connectivity index (χ2v) is 5.22. The van der Waals surface area contributed by atoms with Crippen molar-refractivity contribution < 1.29 is 9.53 Å². The quantitative estimate of drug-likeness (QED) is 0.856. The van der Waals surface area contributed by atoms with Gasteiger partial charge in [-0.2, -0.15) is 0 Å². The Morgan fingerprint density at radius 2 is 2.11 bits per heavy atom. The lowest BCUT2D eigenvalue weighted by Gasteiger charge is -2.10. The fourth-order valence-electron chi connectivity index (χ4n) is 2.53. The molecule has 1 aliphatic carbocycles. The summed E-state index contributed by atoms with van der Waals surface area (Å²) < 4.78 is 5.14. The molecule has 1 saturated carbocycles. The molecular weight excluding hydrogens is 240 g/mol. The molecule has 0 saturated heterocycles. The van der Waals surface area contributed by atoms with Crippen molar-refractivity contribution >= 4 is 6.09 Å². The van der Waals surface area contributed by atoms with Crippen LogP contribution in [0.1, 0.15) is 31.2 Å². The number of nitrogens with two attached hydrogens (primary N) is 1. The highest BCUT2D eigenvalue weighted by Gasteiger charge is 2.21. The van der Waals surface area contributed by atoms with Crippen LogP contribution in [0.4, 0.5) is 4.79 Å². The van der Waals surface area contributed by atoms with Gasteiger partial charge in [0.1, 0.15) is 6.61 Å². The first-order chi connectivity index (χ1) is 9.24. The molecule has 0 aliphatic heterocycles. The highest BCUT2D eigenvalue weighted by atomic mass is 16.5. The molecule has 4 heteroatoms. The van der Waals surface area contributed by atoms with E-state index in [4.69, 9.17) is 10.5 Å². The maximum absolute atomic E-state index is 11.5. The molecule has 2 unspecified atom stereocenters. The molecule has 0 bridgehead atoms. The Labute approximate surface area is 114 Å². The summed E-state index contributed by atoms with van der Waals surface area (Å²) in [7, 11) is 0. The number of hydrogen-bond acceptors (Lipinski definition) is 3. The molecule has 104 valence electrons. The highest BCUT2D eigenvalue weighted by Crippen LogP contribution is 2.26. The van der Waals surface area contributed by atoms with Gasteiger partial charge in [-0.05, 0) is 37.2 Å². The summed E-state index contributed by atoms with van der Waals surface area (Å²) in [5.74, 6) is 0.657. The summed E-state index contributed by atoms with van der Waals surface area (Å²) in [6, 6.07) is 10.0. The average Bonchev–Trinajstić information content (AvgIpc) is 2.83. The van der Waals surface area contributed by atoms with Crippen molar-refractivity contribution in [2.45, 2.75) is 38.3 Å².